The van der Waals surface area contributed by atoms with Gasteiger partial charge < -0.3 is 50.0 Å². The number of nitrogens with two attached hydrogens (primary N) is 1. The van der Waals surface area contributed by atoms with Crippen LogP contribution < -0.4 is 21.7 Å². The number of ether oxygens (including phenoxy) is 3. The summed E-state index contributed by atoms with van der Waals surface area (Å²) in [6.07, 6.45) is 21.4. The average Bonchev–Trinajstić information content (AvgIpc) is 3.17. The minimum Gasteiger partial charge on any atom is -0.477 e. The molecule has 0 fully saturated rings. The quantitative estimate of drug-likeness (QED) is 0.0168. The smallest absolute Gasteiger partial charge is 0.351 e. The Morgan fingerprint density at radius 2 is 1.06 bits per heavy atom. The molecule has 0 radical (unpaired) electrons. The van der Waals surface area contributed by atoms with Crippen LogP contribution in [0.1, 0.15) is 197 Å². The lowest BCUT2D eigenvalue weighted by atomic mass is 10.0. The van der Waals surface area contributed by atoms with E-state index in [9.17, 15) is 28.5 Å². The Labute approximate surface area is 392 Å². The molecule has 65 heavy (non-hydrogen) atoms. The first-order valence-electron chi connectivity index (χ1n) is 24.3. The van der Waals surface area contributed by atoms with Gasteiger partial charge in [0.1, 0.15) is 23.9 Å². The van der Waals surface area contributed by atoms with Crippen LogP contribution >= 0.6 is 7.60 Å². The number of carboxylic acid groups (broad SMARTS) is 1. The van der Waals surface area contributed by atoms with Gasteiger partial charge in [-0.25, -0.2) is 9.59 Å². The summed E-state index contributed by atoms with van der Waals surface area (Å²) in [7, 11) is -3.14. The number of hydrogen-bond acceptors (Lipinski definition) is 12. The first-order valence-corrected chi connectivity index (χ1v) is 26.0. The van der Waals surface area contributed by atoms with Crippen LogP contribution in [0.4, 0.5) is 0 Å². The van der Waals surface area contributed by atoms with Gasteiger partial charge in [0.25, 0.3) is 0 Å². The molecule has 0 rings (SSSR count). The zero-order valence-electron chi connectivity index (χ0n) is 41.9. The van der Waals surface area contributed by atoms with E-state index in [4.69, 9.17) is 34.1 Å². The van der Waals surface area contributed by atoms with E-state index in [1.807, 2.05) is 41.5 Å². The molecule has 380 valence electrons. The van der Waals surface area contributed by atoms with Gasteiger partial charge in [-0.05, 0) is 94.4 Å². The molecule has 0 aliphatic rings. The van der Waals surface area contributed by atoms with E-state index >= 15 is 0 Å². The number of carbonyl (C=O) groups is 5. The molecule has 0 unspecified atom stereocenters. The van der Waals surface area contributed by atoms with Crippen molar-refractivity contribution in [2.24, 2.45) is 5.73 Å². The third-order valence-corrected chi connectivity index (χ3v) is 12.1. The molecule has 1 atom stereocenters. The van der Waals surface area contributed by atoms with E-state index in [1.54, 1.807) is 20.8 Å². The van der Waals surface area contributed by atoms with E-state index < -0.39 is 42.4 Å². The van der Waals surface area contributed by atoms with E-state index in [1.165, 1.54) is 63.9 Å². The van der Waals surface area contributed by atoms with Gasteiger partial charge in [0.2, 0.25) is 17.7 Å². The van der Waals surface area contributed by atoms with Crippen LogP contribution in [0.2, 0.25) is 0 Å². The number of esters is 1. The van der Waals surface area contributed by atoms with Crippen molar-refractivity contribution in [1.29, 1.82) is 0 Å². The second kappa shape index (κ2) is 35.2. The number of unbranched alkanes of at least 4 members (excludes halogenated alkanes) is 16. The highest BCUT2D eigenvalue weighted by Crippen LogP contribution is 2.55. The Morgan fingerprint density at radius 1 is 0.585 bits per heavy atom. The minimum atomic E-state index is -3.14. The van der Waals surface area contributed by atoms with Crippen LogP contribution in [-0.4, -0.2) is 103 Å². The average molecular weight is 947 g/mol. The summed E-state index contributed by atoms with van der Waals surface area (Å²) < 4.78 is 41.4. The van der Waals surface area contributed by atoms with Gasteiger partial charge in [0.05, 0.1) is 37.2 Å². The Kier molecular flexibility index (Phi) is 33.5. The van der Waals surface area contributed by atoms with Gasteiger partial charge >= 0.3 is 19.5 Å². The highest BCUT2D eigenvalue weighted by molar-refractivity contribution is 7.53. The van der Waals surface area contributed by atoms with Crippen molar-refractivity contribution in [1.82, 2.24) is 16.0 Å². The monoisotopic (exact) mass is 947 g/mol. The minimum absolute atomic E-state index is 0.0160. The summed E-state index contributed by atoms with van der Waals surface area (Å²) in [6.45, 7) is 17.8. The lowest BCUT2D eigenvalue weighted by Crippen LogP contribution is -2.44. The molecule has 16 nitrogen and oxygen atoms in total. The van der Waals surface area contributed by atoms with Gasteiger partial charge in [-0.1, -0.05) is 96.0 Å². The van der Waals surface area contributed by atoms with Crippen molar-refractivity contribution in [2.45, 2.75) is 220 Å². The third-order valence-electron chi connectivity index (χ3n) is 9.59. The van der Waals surface area contributed by atoms with Crippen LogP contribution in [0.15, 0.2) is 11.8 Å². The van der Waals surface area contributed by atoms with Crippen molar-refractivity contribution in [2.75, 3.05) is 45.7 Å². The molecule has 0 heterocycles. The van der Waals surface area contributed by atoms with E-state index in [-0.39, 0.29) is 69.2 Å². The Balaban J connectivity index is 4.08. The SMILES string of the molecule is CC(C)(C)OC(=O)[C@H](CCC(=O)NCCOCCOCC(=O)NCCC/C=C(/N)C(=O)O)NC(=O)CCCCCCCCCCCCCCCCCCP(=O)(OC(C)(C)C)OC(C)(C)C. The fraction of sp³-hybridized carbons (Fsp3) is 0.854. The molecule has 0 aromatic rings. The largest absolute Gasteiger partial charge is 0.477 e. The number of carbonyl (C=O) groups excluding carboxylic acids is 4. The van der Waals surface area contributed by atoms with Crippen LogP contribution in [0, 0.1) is 0 Å². The summed E-state index contributed by atoms with van der Waals surface area (Å²) >= 11 is 0. The maximum Gasteiger partial charge on any atom is 0.351 e. The van der Waals surface area contributed by atoms with Crippen molar-refractivity contribution in [3.8, 4) is 0 Å². The topological polar surface area (TPSA) is 231 Å². The summed E-state index contributed by atoms with van der Waals surface area (Å²) in [5.74, 6) is -2.57. The fourth-order valence-corrected chi connectivity index (χ4v) is 9.14. The molecule has 17 heteroatoms. The third kappa shape index (κ3) is 40.9. The van der Waals surface area contributed by atoms with Gasteiger partial charge in [-0.15, -0.1) is 0 Å². The lowest BCUT2D eigenvalue weighted by molar-refractivity contribution is -0.159. The Hall–Kier alpha value is -3.04. The molecular formula is C48H91N4O12P. The van der Waals surface area contributed by atoms with Gasteiger partial charge in [-0.3, -0.25) is 18.9 Å². The number of rotatable bonds is 39. The second-order valence-electron chi connectivity index (χ2n) is 19.8. The molecule has 0 aromatic carbocycles. The number of allylic oxidation sites excluding steroid dienone is 1. The van der Waals surface area contributed by atoms with Gasteiger partial charge in [0.15, 0.2) is 0 Å². The Bertz CT molecular complexity index is 1400. The number of amides is 3. The number of hydrogen-bond donors (Lipinski definition) is 5. The standard InChI is InChI=1S/C48H91N4O12P/c1-46(2,3)62-45(58)40(30-31-41(53)51-33-34-60-35-36-61-38-43(55)50-32-26-25-28-39(49)44(56)57)52-42(54)29-24-22-20-18-16-14-12-10-11-13-15-17-19-21-23-27-37-65(59,63-47(4,5)6)64-48(7,8)9/h28,40H,10-27,29-38,49H2,1-9H3,(H,50,55)(H,51,53)(H,52,54)(H,56,57)/b39-28+/t40-/m0/s1. The molecule has 0 spiro atoms. The first-order chi connectivity index (χ1) is 30.4. The van der Waals surface area contributed by atoms with Crippen molar-refractivity contribution >= 4 is 37.3 Å². The highest BCUT2D eigenvalue weighted by atomic mass is 31.2. The normalized spacial score (nSPS) is 13.0. The van der Waals surface area contributed by atoms with Crippen molar-refractivity contribution in [3.05, 3.63) is 11.8 Å². The van der Waals surface area contributed by atoms with Crippen LogP contribution in [0.5, 0.6) is 0 Å². The molecular weight excluding hydrogens is 856 g/mol. The summed E-state index contributed by atoms with van der Waals surface area (Å²) in [4.78, 5) is 60.7. The maximum absolute atomic E-state index is 13.3. The van der Waals surface area contributed by atoms with Crippen LogP contribution in [0.3, 0.4) is 0 Å². The van der Waals surface area contributed by atoms with Crippen LogP contribution in [0.25, 0.3) is 0 Å². The van der Waals surface area contributed by atoms with Crippen molar-refractivity contribution in [3.63, 3.8) is 0 Å². The highest BCUT2D eigenvalue weighted by Gasteiger charge is 2.34. The first kappa shape index (κ1) is 62.0. The maximum atomic E-state index is 13.3. The molecule has 0 aliphatic heterocycles. The van der Waals surface area contributed by atoms with Crippen molar-refractivity contribution < 1.29 is 56.9 Å². The molecule has 0 aromatic heterocycles. The zero-order chi connectivity index (χ0) is 49.2. The number of carboxylic acids is 1. The lowest BCUT2D eigenvalue weighted by Gasteiger charge is -2.32. The fourth-order valence-electron chi connectivity index (χ4n) is 6.64. The number of nitrogens with one attached hydrogen (secondary N) is 3. The van der Waals surface area contributed by atoms with E-state index in [0.717, 1.165) is 44.9 Å². The summed E-state index contributed by atoms with van der Waals surface area (Å²) in [5.41, 5.74) is 3.33. The van der Waals surface area contributed by atoms with Crippen LogP contribution in [-0.2, 0) is 51.8 Å². The molecule has 0 bridgehead atoms. The number of aliphatic carboxylic acids is 1. The molecule has 0 aliphatic carbocycles. The van der Waals surface area contributed by atoms with E-state index in [2.05, 4.69) is 16.0 Å². The Morgan fingerprint density at radius 3 is 1.55 bits per heavy atom. The predicted molar refractivity (Wildman–Crippen MR) is 256 cm³/mol. The predicted octanol–water partition coefficient (Wildman–Crippen LogP) is 9.02. The molecule has 0 saturated heterocycles. The van der Waals surface area contributed by atoms with E-state index in [0.29, 0.717) is 32.0 Å². The zero-order valence-corrected chi connectivity index (χ0v) is 42.8. The second-order valence-corrected chi connectivity index (χ2v) is 21.8. The summed E-state index contributed by atoms with van der Waals surface area (Å²) in [6, 6.07) is -0.933. The molecule has 6 N–H and O–H groups in total. The molecule has 3 amide bonds. The van der Waals surface area contributed by atoms with Gasteiger partial charge in [0, 0.05) is 25.9 Å². The molecule has 0 saturated carbocycles. The van der Waals surface area contributed by atoms with Gasteiger partial charge in [-0.2, -0.15) is 0 Å². The summed E-state index contributed by atoms with van der Waals surface area (Å²) in [5, 5.41) is 16.9.